The van der Waals surface area contributed by atoms with Crippen LogP contribution in [-0.4, -0.2) is 29.1 Å². The Bertz CT molecular complexity index is 1320. The maximum absolute atomic E-state index is 14.0. The van der Waals surface area contributed by atoms with Gasteiger partial charge < -0.3 is 9.84 Å². The Balaban J connectivity index is 2.40. The number of ether oxygens (including phenoxy) is 1. The van der Waals surface area contributed by atoms with Crippen molar-refractivity contribution in [2.45, 2.75) is 78.5 Å². The average molecular weight is 613 g/mol. The lowest BCUT2D eigenvalue weighted by atomic mass is 9.80. The summed E-state index contributed by atoms with van der Waals surface area (Å²) >= 11 is 0. The monoisotopic (exact) mass is 612 g/mol. The molecular weight excluding hydrogens is 569 g/mol. The third-order valence-electron chi connectivity index (χ3n) is 7.45. The van der Waals surface area contributed by atoms with Gasteiger partial charge >= 0.3 is 6.18 Å². The van der Waals surface area contributed by atoms with Gasteiger partial charge in [-0.3, -0.25) is 14.4 Å². The molecule has 0 aliphatic rings. The van der Waals surface area contributed by atoms with E-state index in [1.165, 1.54) is 0 Å². The predicted molar refractivity (Wildman–Crippen MR) is 167 cm³/mol. The van der Waals surface area contributed by atoms with Crippen LogP contribution in [0.25, 0.3) is 5.57 Å². The van der Waals surface area contributed by atoms with E-state index >= 15 is 0 Å². The Hall–Kier alpha value is -3.78. The number of hydrogen-bond donors (Lipinski definition) is 1. The Labute approximate surface area is 258 Å². The van der Waals surface area contributed by atoms with Crippen LogP contribution in [0.1, 0.15) is 89.0 Å². The molecule has 5 nitrogen and oxygen atoms in total. The van der Waals surface area contributed by atoms with Crippen LogP contribution >= 0.6 is 0 Å². The first-order valence-electron chi connectivity index (χ1n) is 15.0. The van der Waals surface area contributed by atoms with Crippen molar-refractivity contribution in [1.29, 1.82) is 0 Å². The van der Waals surface area contributed by atoms with Crippen molar-refractivity contribution < 1.29 is 37.4 Å². The van der Waals surface area contributed by atoms with Gasteiger partial charge in [-0.25, -0.2) is 0 Å². The number of unbranched alkanes of at least 4 members (excludes halogenated alkanes) is 1. The molecule has 0 aliphatic heterocycles. The summed E-state index contributed by atoms with van der Waals surface area (Å²) in [5.74, 6) is -2.53. The minimum absolute atomic E-state index is 0.0574. The van der Waals surface area contributed by atoms with Crippen molar-refractivity contribution in [2.24, 2.45) is 11.8 Å². The van der Waals surface area contributed by atoms with Crippen molar-refractivity contribution in [2.75, 3.05) is 6.61 Å². The minimum Gasteiger partial charge on any atom is -0.494 e. The van der Waals surface area contributed by atoms with Crippen molar-refractivity contribution in [1.82, 2.24) is 0 Å². The number of Topliss-reactive ketones (excluding diaryl/α,β-unsaturated/α-hetero) is 3. The highest BCUT2D eigenvalue weighted by atomic mass is 19.4. The number of halogens is 3. The van der Waals surface area contributed by atoms with E-state index in [0.717, 1.165) is 37.1 Å². The molecule has 3 atom stereocenters. The van der Waals surface area contributed by atoms with Gasteiger partial charge in [-0.2, -0.15) is 13.2 Å². The Morgan fingerprint density at radius 3 is 2.14 bits per heavy atom. The highest BCUT2D eigenvalue weighted by Crippen LogP contribution is 2.35. The van der Waals surface area contributed by atoms with Gasteiger partial charge in [-0.15, -0.1) is 6.58 Å². The quantitative estimate of drug-likeness (QED) is 0.135. The van der Waals surface area contributed by atoms with Crippen LogP contribution in [0.2, 0.25) is 0 Å². The second-order valence-corrected chi connectivity index (χ2v) is 10.7. The van der Waals surface area contributed by atoms with Crippen molar-refractivity contribution in [3.05, 3.63) is 95.6 Å². The number of carbonyl (C=O) groups is 3. The Morgan fingerprint density at radius 2 is 1.61 bits per heavy atom. The first-order valence-corrected chi connectivity index (χ1v) is 15.0. The predicted octanol–water partition coefficient (Wildman–Crippen LogP) is 8.67. The summed E-state index contributed by atoms with van der Waals surface area (Å²) in [4.78, 5) is 40.6. The smallest absolute Gasteiger partial charge is 0.416 e. The standard InChI is InChI=1S/C36H43F3O5/c1-6-10-12-26(13-11-7-2)33(41)22-24(5)32(40)23-31(34(42)27-14-18-28(19-15-27)36(37,38)39)35(43)30(8-3)25-16-20-29(21-17-25)44-9-4/h6,8,13-21,24,31,34,42H,1,7,9-12,22-23H2,2-5H3. The summed E-state index contributed by atoms with van der Waals surface area (Å²) in [6.07, 6.45) is 1.33. The van der Waals surface area contributed by atoms with Gasteiger partial charge in [-0.1, -0.05) is 62.8 Å². The number of aliphatic hydroxyl groups excluding tert-OH is 1. The number of benzene rings is 2. The van der Waals surface area contributed by atoms with Crippen molar-refractivity contribution in [3.63, 3.8) is 0 Å². The van der Waals surface area contributed by atoms with Crippen LogP contribution in [0.4, 0.5) is 13.2 Å². The molecule has 0 spiro atoms. The van der Waals surface area contributed by atoms with Gasteiger partial charge in [0.05, 0.1) is 24.2 Å². The van der Waals surface area contributed by atoms with E-state index in [-0.39, 0.29) is 23.3 Å². The van der Waals surface area contributed by atoms with Gasteiger partial charge in [0.1, 0.15) is 11.5 Å². The van der Waals surface area contributed by atoms with Crippen LogP contribution in [0.5, 0.6) is 5.75 Å². The van der Waals surface area contributed by atoms with Gasteiger partial charge in [0.2, 0.25) is 0 Å². The summed E-state index contributed by atoms with van der Waals surface area (Å²) in [5.41, 5.74) is 0.593. The second kappa shape index (κ2) is 17.5. The van der Waals surface area contributed by atoms with Gasteiger partial charge in [0.25, 0.3) is 0 Å². The largest absolute Gasteiger partial charge is 0.494 e. The molecule has 0 radical (unpaired) electrons. The topological polar surface area (TPSA) is 80.7 Å². The summed E-state index contributed by atoms with van der Waals surface area (Å²) in [7, 11) is 0. The van der Waals surface area contributed by atoms with Crippen LogP contribution < -0.4 is 4.74 Å². The lowest BCUT2D eigenvalue weighted by Crippen LogP contribution is -2.29. The summed E-state index contributed by atoms with van der Waals surface area (Å²) in [6.45, 7) is 11.3. The highest BCUT2D eigenvalue weighted by Gasteiger charge is 2.35. The first kappa shape index (κ1) is 36.4. The fraction of sp³-hybridized carbons (Fsp3) is 0.417. The number of carbonyl (C=O) groups excluding carboxylic acids is 3. The van der Waals surface area contributed by atoms with Crippen LogP contribution in [0.15, 0.2) is 78.9 Å². The van der Waals surface area contributed by atoms with Gasteiger partial charge in [0.15, 0.2) is 11.6 Å². The van der Waals surface area contributed by atoms with Crippen LogP contribution in [0, 0.1) is 11.8 Å². The molecule has 2 aromatic carbocycles. The second-order valence-electron chi connectivity index (χ2n) is 10.7. The molecule has 0 aromatic heterocycles. The zero-order chi connectivity index (χ0) is 32.9. The lowest BCUT2D eigenvalue weighted by molar-refractivity contribution is -0.137. The molecule has 0 saturated heterocycles. The van der Waals surface area contributed by atoms with E-state index in [9.17, 15) is 32.7 Å². The SMILES string of the molecule is C=CCCC(=CCCC)C(=O)CC(C)C(=O)CC(C(=O)C(=CC)c1ccc(OCC)cc1)C(O)c1ccc(C(F)(F)F)cc1. The van der Waals surface area contributed by atoms with Crippen LogP contribution in [-0.2, 0) is 20.6 Å². The fourth-order valence-corrected chi connectivity index (χ4v) is 4.87. The van der Waals surface area contributed by atoms with E-state index in [1.54, 1.807) is 50.3 Å². The summed E-state index contributed by atoms with van der Waals surface area (Å²) < 4.78 is 45.0. The van der Waals surface area contributed by atoms with E-state index < -0.39 is 47.7 Å². The maximum atomic E-state index is 14.0. The Kier molecular flexibility index (Phi) is 14.5. The van der Waals surface area contributed by atoms with E-state index in [1.807, 2.05) is 19.9 Å². The number of rotatable bonds is 18. The molecule has 2 rings (SSSR count). The van der Waals surface area contributed by atoms with Crippen molar-refractivity contribution >= 4 is 22.9 Å². The molecule has 44 heavy (non-hydrogen) atoms. The molecule has 0 aliphatic carbocycles. The van der Waals surface area contributed by atoms with E-state index in [0.29, 0.717) is 36.3 Å². The lowest BCUT2D eigenvalue weighted by Gasteiger charge is -2.25. The number of hydrogen-bond acceptors (Lipinski definition) is 5. The fourth-order valence-electron chi connectivity index (χ4n) is 4.87. The molecule has 1 N–H and O–H groups in total. The summed E-state index contributed by atoms with van der Waals surface area (Å²) in [6, 6.07) is 10.7. The third-order valence-corrected chi connectivity index (χ3v) is 7.45. The molecular formula is C36H43F3O5. The minimum atomic E-state index is -4.57. The first-order chi connectivity index (χ1) is 20.9. The van der Waals surface area contributed by atoms with Crippen LogP contribution in [0.3, 0.4) is 0 Å². The molecule has 0 bridgehead atoms. The number of alkyl halides is 3. The number of aliphatic hydroxyl groups is 1. The van der Waals surface area contributed by atoms with E-state index in [4.69, 9.17) is 4.74 Å². The van der Waals surface area contributed by atoms with Gasteiger partial charge in [-0.05, 0) is 74.1 Å². The van der Waals surface area contributed by atoms with E-state index in [2.05, 4.69) is 6.58 Å². The zero-order valence-corrected chi connectivity index (χ0v) is 26.0. The molecule has 3 unspecified atom stereocenters. The average Bonchev–Trinajstić information content (AvgIpc) is 3.00. The molecule has 0 saturated carbocycles. The summed E-state index contributed by atoms with van der Waals surface area (Å²) in [5, 5.41) is 11.4. The molecule has 0 fully saturated rings. The van der Waals surface area contributed by atoms with Gasteiger partial charge in [0, 0.05) is 24.3 Å². The number of allylic oxidation sites excluding steroid dienone is 5. The van der Waals surface area contributed by atoms with Crippen molar-refractivity contribution in [3.8, 4) is 5.75 Å². The third kappa shape index (κ3) is 10.4. The molecule has 0 heterocycles. The Morgan fingerprint density at radius 1 is 0.977 bits per heavy atom. The normalized spacial score (nSPS) is 14.5. The molecule has 238 valence electrons. The molecule has 0 amide bonds. The molecule has 2 aromatic rings. The maximum Gasteiger partial charge on any atom is 0.416 e. The number of ketones is 3. The highest BCUT2D eigenvalue weighted by molar-refractivity contribution is 6.22. The zero-order valence-electron chi connectivity index (χ0n) is 26.0. The molecule has 8 heteroatoms.